The van der Waals surface area contributed by atoms with Gasteiger partial charge in [0.1, 0.15) is 23.5 Å². The fourth-order valence-corrected chi connectivity index (χ4v) is 4.57. The SMILES string of the molecule is O=C1Cc2cc(C(F)(F)F)ccc2-n2c(nnc2[C@H]2CC[C@H](Oc3ccccn3)CC2)C1. The topological polar surface area (TPSA) is 69.9 Å². The summed E-state index contributed by atoms with van der Waals surface area (Å²) < 4.78 is 47.4. The van der Waals surface area contributed by atoms with E-state index in [0.29, 0.717) is 28.8 Å². The van der Waals surface area contributed by atoms with Gasteiger partial charge in [-0.25, -0.2) is 4.98 Å². The van der Waals surface area contributed by atoms with E-state index in [4.69, 9.17) is 4.74 Å². The van der Waals surface area contributed by atoms with Crippen LogP contribution in [0.2, 0.25) is 0 Å². The number of alkyl halides is 3. The quantitative estimate of drug-likeness (QED) is 0.599. The Morgan fingerprint density at radius 1 is 1.00 bits per heavy atom. The molecule has 0 atom stereocenters. The molecule has 0 unspecified atom stereocenters. The Bertz CT molecular complexity index is 1140. The molecule has 0 radical (unpaired) electrons. The monoisotopic (exact) mass is 442 g/mol. The maximum atomic E-state index is 13.2. The fraction of sp³-hybridized carbons (Fsp3) is 0.391. The fourth-order valence-electron chi connectivity index (χ4n) is 4.57. The normalized spacial score (nSPS) is 20.9. The average Bonchev–Trinajstić information content (AvgIpc) is 3.11. The molecule has 1 saturated carbocycles. The van der Waals surface area contributed by atoms with Gasteiger partial charge < -0.3 is 4.74 Å². The first-order valence-electron chi connectivity index (χ1n) is 10.6. The van der Waals surface area contributed by atoms with Gasteiger partial charge in [0.15, 0.2) is 0 Å². The molecule has 1 fully saturated rings. The molecule has 5 rings (SSSR count). The molecule has 3 aromatic rings. The maximum Gasteiger partial charge on any atom is 0.416 e. The number of pyridine rings is 1. The first-order valence-corrected chi connectivity index (χ1v) is 10.6. The minimum absolute atomic E-state index is 0.0489. The molecule has 0 saturated heterocycles. The smallest absolute Gasteiger partial charge is 0.416 e. The van der Waals surface area contributed by atoms with E-state index in [-0.39, 0.29) is 30.6 Å². The first kappa shape index (κ1) is 20.7. The van der Waals surface area contributed by atoms with E-state index in [2.05, 4.69) is 15.2 Å². The van der Waals surface area contributed by atoms with Gasteiger partial charge in [0.05, 0.1) is 17.7 Å². The second-order valence-electron chi connectivity index (χ2n) is 8.30. The molecule has 0 bridgehead atoms. The molecule has 3 heterocycles. The summed E-state index contributed by atoms with van der Waals surface area (Å²) in [5.41, 5.74) is 0.164. The van der Waals surface area contributed by atoms with Crippen LogP contribution in [0.15, 0.2) is 42.6 Å². The number of aromatic nitrogens is 4. The third kappa shape index (κ3) is 3.99. The molecule has 32 heavy (non-hydrogen) atoms. The number of rotatable bonds is 3. The number of nitrogens with zero attached hydrogens (tertiary/aromatic N) is 4. The van der Waals surface area contributed by atoms with Crippen molar-refractivity contribution in [3.63, 3.8) is 0 Å². The Balaban J connectivity index is 1.41. The van der Waals surface area contributed by atoms with E-state index in [9.17, 15) is 18.0 Å². The van der Waals surface area contributed by atoms with Crippen LogP contribution in [0.1, 0.15) is 54.4 Å². The third-order valence-electron chi connectivity index (χ3n) is 6.11. The summed E-state index contributed by atoms with van der Waals surface area (Å²) in [4.78, 5) is 16.6. The second-order valence-corrected chi connectivity index (χ2v) is 8.30. The molecule has 1 aliphatic heterocycles. The first-order chi connectivity index (χ1) is 15.4. The van der Waals surface area contributed by atoms with Gasteiger partial charge in [0.25, 0.3) is 0 Å². The van der Waals surface area contributed by atoms with Gasteiger partial charge in [-0.15, -0.1) is 10.2 Å². The number of ketones is 1. The summed E-state index contributed by atoms with van der Waals surface area (Å²) in [6.45, 7) is 0. The summed E-state index contributed by atoms with van der Waals surface area (Å²) in [6, 6.07) is 9.10. The number of benzene rings is 1. The summed E-state index contributed by atoms with van der Waals surface area (Å²) in [5.74, 6) is 1.70. The highest BCUT2D eigenvalue weighted by Crippen LogP contribution is 2.37. The molecule has 2 aliphatic rings. The van der Waals surface area contributed by atoms with Crippen LogP contribution in [0.4, 0.5) is 13.2 Å². The van der Waals surface area contributed by atoms with Gasteiger partial charge >= 0.3 is 6.18 Å². The van der Waals surface area contributed by atoms with Crippen LogP contribution in [-0.4, -0.2) is 31.6 Å². The molecule has 1 aliphatic carbocycles. The minimum atomic E-state index is -4.46. The molecule has 166 valence electrons. The van der Waals surface area contributed by atoms with Crippen LogP contribution < -0.4 is 4.74 Å². The summed E-state index contributed by atoms with van der Waals surface area (Å²) >= 11 is 0. The Hall–Kier alpha value is -3.23. The number of halogens is 3. The predicted octanol–water partition coefficient (Wildman–Crippen LogP) is 4.45. The largest absolute Gasteiger partial charge is 0.474 e. The molecular formula is C23H21F3N4O2. The lowest BCUT2D eigenvalue weighted by atomic mass is 9.86. The lowest BCUT2D eigenvalue weighted by molar-refractivity contribution is -0.137. The van der Waals surface area contributed by atoms with E-state index in [1.165, 1.54) is 6.07 Å². The van der Waals surface area contributed by atoms with Crippen molar-refractivity contribution in [3.8, 4) is 11.6 Å². The van der Waals surface area contributed by atoms with Crippen molar-refractivity contribution >= 4 is 5.78 Å². The molecule has 0 spiro atoms. The van der Waals surface area contributed by atoms with Crippen LogP contribution in [0.25, 0.3) is 5.69 Å². The van der Waals surface area contributed by atoms with Crippen LogP contribution >= 0.6 is 0 Å². The molecule has 6 nitrogen and oxygen atoms in total. The number of hydrogen-bond acceptors (Lipinski definition) is 5. The van der Waals surface area contributed by atoms with Gasteiger partial charge in [-0.3, -0.25) is 9.36 Å². The Morgan fingerprint density at radius 3 is 2.53 bits per heavy atom. The van der Waals surface area contributed by atoms with Gasteiger partial charge in [-0.05, 0) is 55.5 Å². The van der Waals surface area contributed by atoms with Crippen molar-refractivity contribution in [1.29, 1.82) is 0 Å². The average molecular weight is 442 g/mol. The Labute approximate surface area is 182 Å². The molecule has 0 N–H and O–H groups in total. The maximum absolute atomic E-state index is 13.2. The van der Waals surface area contributed by atoms with Gasteiger partial charge in [0.2, 0.25) is 5.88 Å². The Morgan fingerprint density at radius 2 is 1.81 bits per heavy atom. The molecule has 0 amide bonds. The highest BCUT2D eigenvalue weighted by atomic mass is 19.4. The van der Waals surface area contributed by atoms with Gasteiger partial charge in [0, 0.05) is 24.6 Å². The van der Waals surface area contributed by atoms with E-state index < -0.39 is 11.7 Å². The van der Waals surface area contributed by atoms with E-state index in [0.717, 1.165) is 37.8 Å². The number of Topliss-reactive ketones (excluding diaryl/α,β-unsaturated/α-hetero) is 1. The minimum Gasteiger partial charge on any atom is -0.474 e. The molecule has 9 heteroatoms. The van der Waals surface area contributed by atoms with Crippen LogP contribution in [-0.2, 0) is 23.8 Å². The lowest BCUT2D eigenvalue weighted by Gasteiger charge is -2.28. The van der Waals surface area contributed by atoms with Gasteiger partial charge in [-0.2, -0.15) is 13.2 Å². The zero-order chi connectivity index (χ0) is 22.3. The number of ether oxygens (including phenoxy) is 1. The highest BCUT2D eigenvalue weighted by Gasteiger charge is 2.34. The molecule has 2 aromatic heterocycles. The van der Waals surface area contributed by atoms with Crippen LogP contribution in [0.3, 0.4) is 0 Å². The van der Waals surface area contributed by atoms with Crippen molar-refractivity contribution < 1.29 is 22.7 Å². The molecule has 1 aromatic carbocycles. The number of hydrogen-bond donors (Lipinski definition) is 0. The van der Waals surface area contributed by atoms with E-state index >= 15 is 0 Å². The number of fused-ring (bicyclic) bond motifs is 3. The lowest BCUT2D eigenvalue weighted by Crippen LogP contribution is -2.25. The zero-order valence-corrected chi connectivity index (χ0v) is 17.2. The van der Waals surface area contributed by atoms with E-state index in [1.54, 1.807) is 10.8 Å². The summed E-state index contributed by atoms with van der Waals surface area (Å²) in [7, 11) is 0. The standard InChI is InChI=1S/C23H21F3N4O2/c24-23(25,26)16-6-9-19-15(11-16)12-17(31)13-20-28-29-22(30(19)20)14-4-7-18(8-5-14)32-21-3-1-2-10-27-21/h1-3,6,9-11,14,18H,4-5,7-8,12-13H2/t14-,18-. The number of carbonyl (C=O) groups excluding carboxylic acids is 1. The summed E-state index contributed by atoms with van der Waals surface area (Å²) in [6.07, 6.45) is 0.512. The van der Waals surface area contributed by atoms with Crippen LogP contribution in [0, 0.1) is 0 Å². The van der Waals surface area contributed by atoms with E-state index in [1.807, 2.05) is 18.2 Å². The second kappa shape index (κ2) is 8.03. The Kier molecular flexibility index (Phi) is 5.19. The zero-order valence-electron chi connectivity index (χ0n) is 17.2. The van der Waals surface area contributed by atoms with Crippen molar-refractivity contribution in [2.45, 2.75) is 56.7 Å². The summed E-state index contributed by atoms with van der Waals surface area (Å²) in [5, 5.41) is 8.59. The van der Waals surface area contributed by atoms with Gasteiger partial charge in [-0.1, -0.05) is 6.07 Å². The van der Waals surface area contributed by atoms with Crippen molar-refractivity contribution in [2.24, 2.45) is 0 Å². The van der Waals surface area contributed by atoms with Crippen molar-refractivity contribution in [1.82, 2.24) is 19.7 Å². The van der Waals surface area contributed by atoms with Crippen molar-refractivity contribution in [2.75, 3.05) is 0 Å². The van der Waals surface area contributed by atoms with Crippen molar-refractivity contribution in [3.05, 3.63) is 65.4 Å². The number of carbonyl (C=O) groups is 1. The van der Waals surface area contributed by atoms with Crippen LogP contribution in [0.5, 0.6) is 5.88 Å². The highest BCUT2D eigenvalue weighted by molar-refractivity contribution is 5.84. The third-order valence-corrected chi connectivity index (χ3v) is 6.11. The molecular weight excluding hydrogens is 421 g/mol. The predicted molar refractivity (Wildman–Crippen MR) is 109 cm³/mol.